The number of ether oxygens (including phenoxy) is 1. The van der Waals surface area contributed by atoms with E-state index in [9.17, 15) is 9.59 Å². The summed E-state index contributed by atoms with van der Waals surface area (Å²) in [5, 5.41) is 5.54. The molecule has 128 valence electrons. The zero-order valence-corrected chi connectivity index (χ0v) is 13.7. The number of carbonyl (C=O) groups is 2. The second-order valence-electron chi connectivity index (χ2n) is 5.36. The number of nitrogens with zero attached hydrogens (tertiary/aromatic N) is 1. The van der Waals surface area contributed by atoms with Crippen LogP contribution in [0.3, 0.4) is 0 Å². The van der Waals surface area contributed by atoms with Crippen molar-refractivity contribution in [1.82, 2.24) is 15.3 Å². The van der Waals surface area contributed by atoms with Crippen molar-refractivity contribution in [2.75, 3.05) is 11.9 Å². The van der Waals surface area contributed by atoms with Gasteiger partial charge in [0.1, 0.15) is 0 Å². The molecule has 0 atom stereocenters. The van der Waals surface area contributed by atoms with Gasteiger partial charge in [-0.25, -0.2) is 14.6 Å². The third-order valence-corrected chi connectivity index (χ3v) is 3.60. The number of urea groups is 1. The lowest BCUT2D eigenvalue weighted by Crippen LogP contribution is -2.28. The second-order valence-corrected chi connectivity index (χ2v) is 5.36. The van der Waals surface area contributed by atoms with Crippen molar-refractivity contribution in [1.29, 1.82) is 0 Å². The largest absolute Gasteiger partial charge is 0.462 e. The number of amides is 2. The van der Waals surface area contributed by atoms with Crippen LogP contribution < -0.4 is 10.6 Å². The van der Waals surface area contributed by atoms with Crippen LogP contribution in [0.1, 0.15) is 22.8 Å². The van der Waals surface area contributed by atoms with E-state index in [4.69, 9.17) is 4.74 Å². The van der Waals surface area contributed by atoms with Gasteiger partial charge in [-0.05, 0) is 42.8 Å². The maximum Gasteiger partial charge on any atom is 0.338 e. The summed E-state index contributed by atoms with van der Waals surface area (Å²) in [5.41, 5.74) is 3.74. The monoisotopic (exact) mass is 338 g/mol. The lowest BCUT2D eigenvalue weighted by Gasteiger charge is -2.08. The van der Waals surface area contributed by atoms with Crippen LogP contribution in [0.5, 0.6) is 0 Å². The van der Waals surface area contributed by atoms with Crippen LogP contribution in [-0.4, -0.2) is 28.6 Å². The average molecular weight is 338 g/mol. The highest BCUT2D eigenvalue weighted by Crippen LogP contribution is 2.15. The highest BCUT2D eigenvalue weighted by molar-refractivity contribution is 5.92. The molecule has 0 unspecified atom stereocenters. The van der Waals surface area contributed by atoms with Crippen LogP contribution in [0, 0.1) is 0 Å². The van der Waals surface area contributed by atoms with E-state index < -0.39 is 0 Å². The molecule has 0 saturated heterocycles. The molecule has 0 bridgehead atoms. The first-order chi connectivity index (χ1) is 12.2. The first-order valence-electron chi connectivity index (χ1n) is 7.90. The minimum Gasteiger partial charge on any atom is -0.462 e. The maximum absolute atomic E-state index is 12.0. The normalized spacial score (nSPS) is 10.4. The molecule has 2 amide bonds. The molecule has 3 rings (SSSR count). The molecule has 0 saturated carbocycles. The van der Waals surface area contributed by atoms with Gasteiger partial charge in [0.05, 0.1) is 29.5 Å². The van der Waals surface area contributed by atoms with Crippen molar-refractivity contribution in [2.24, 2.45) is 0 Å². The number of aromatic amines is 1. The number of aromatic nitrogens is 2. The highest BCUT2D eigenvalue weighted by atomic mass is 16.5. The summed E-state index contributed by atoms with van der Waals surface area (Å²) in [7, 11) is 0. The van der Waals surface area contributed by atoms with E-state index in [1.165, 1.54) is 0 Å². The number of hydrogen-bond acceptors (Lipinski definition) is 4. The molecule has 0 aliphatic rings. The third kappa shape index (κ3) is 4.14. The Morgan fingerprint density at radius 1 is 1.16 bits per heavy atom. The molecule has 0 radical (unpaired) electrons. The highest BCUT2D eigenvalue weighted by Gasteiger charge is 2.07. The molecular formula is C18H18N4O3. The van der Waals surface area contributed by atoms with Crippen molar-refractivity contribution in [3.8, 4) is 0 Å². The standard InChI is InChI=1S/C18H18N4O3/c1-2-25-17(23)13-5-3-12(4-6-13)10-19-18(24)22-14-7-8-15-16(9-14)21-11-20-15/h3-9,11H,2,10H2,1H3,(H,20,21)(H2,19,22,24). The molecule has 0 aliphatic heterocycles. The fourth-order valence-corrected chi connectivity index (χ4v) is 2.34. The minimum atomic E-state index is -0.353. The van der Waals surface area contributed by atoms with E-state index in [1.54, 1.807) is 43.6 Å². The first-order valence-corrected chi connectivity index (χ1v) is 7.90. The van der Waals surface area contributed by atoms with Crippen LogP contribution in [0.15, 0.2) is 48.8 Å². The number of benzene rings is 2. The Hall–Kier alpha value is -3.35. The Morgan fingerprint density at radius 2 is 1.96 bits per heavy atom. The number of anilines is 1. The number of imidazole rings is 1. The number of hydrogen-bond donors (Lipinski definition) is 3. The Morgan fingerprint density at radius 3 is 2.72 bits per heavy atom. The van der Waals surface area contributed by atoms with Crippen LogP contribution in [0.2, 0.25) is 0 Å². The minimum absolute atomic E-state index is 0.312. The zero-order valence-electron chi connectivity index (χ0n) is 13.7. The molecule has 0 fully saturated rings. The number of fused-ring (bicyclic) bond motifs is 1. The second kappa shape index (κ2) is 7.48. The van der Waals surface area contributed by atoms with E-state index >= 15 is 0 Å². The van der Waals surface area contributed by atoms with Gasteiger partial charge in [0.25, 0.3) is 0 Å². The van der Waals surface area contributed by atoms with Gasteiger partial charge in [-0.3, -0.25) is 0 Å². The molecule has 25 heavy (non-hydrogen) atoms. The fraction of sp³-hybridized carbons (Fsp3) is 0.167. The van der Waals surface area contributed by atoms with Crippen molar-refractivity contribution >= 4 is 28.7 Å². The van der Waals surface area contributed by atoms with Crippen molar-refractivity contribution < 1.29 is 14.3 Å². The average Bonchev–Trinajstić information content (AvgIpc) is 3.08. The smallest absolute Gasteiger partial charge is 0.338 e. The van der Waals surface area contributed by atoms with Gasteiger partial charge < -0.3 is 20.4 Å². The summed E-state index contributed by atoms with van der Waals surface area (Å²) >= 11 is 0. The summed E-state index contributed by atoms with van der Waals surface area (Å²) in [5.74, 6) is -0.353. The van der Waals surface area contributed by atoms with Crippen LogP contribution in [-0.2, 0) is 11.3 Å². The molecule has 0 spiro atoms. The Labute approximate surface area is 144 Å². The number of carbonyl (C=O) groups excluding carboxylic acids is 2. The van der Waals surface area contributed by atoms with Crippen LogP contribution in [0.25, 0.3) is 11.0 Å². The van der Waals surface area contributed by atoms with Gasteiger partial charge in [0, 0.05) is 12.2 Å². The molecule has 0 aliphatic carbocycles. The Bertz CT molecular complexity index is 887. The molecule has 2 aromatic carbocycles. The molecule has 7 nitrogen and oxygen atoms in total. The van der Waals surface area contributed by atoms with Crippen molar-refractivity contribution in [3.63, 3.8) is 0 Å². The van der Waals surface area contributed by atoms with Gasteiger partial charge in [-0.15, -0.1) is 0 Å². The molecule has 3 N–H and O–H groups in total. The van der Waals surface area contributed by atoms with E-state index in [0.29, 0.717) is 24.4 Å². The van der Waals surface area contributed by atoms with Crippen LogP contribution in [0.4, 0.5) is 10.5 Å². The van der Waals surface area contributed by atoms with Crippen LogP contribution >= 0.6 is 0 Å². The van der Waals surface area contributed by atoms with E-state index in [-0.39, 0.29) is 12.0 Å². The van der Waals surface area contributed by atoms with Crippen molar-refractivity contribution in [2.45, 2.75) is 13.5 Å². The lowest BCUT2D eigenvalue weighted by molar-refractivity contribution is 0.0526. The molecule has 1 heterocycles. The Balaban J connectivity index is 1.54. The zero-order chi connectivity index (χ0) is 17.6. The summed E-state index contributed by atoms with van der Waals surface area (Å²) < 4.78 is 4.93. The predicted octanol–water partition coefficient (Wildman–Crippen LogP) is 3.06. The third-order valence-electron chi connectivity index (χ3n) is 3.60. The number of rotatable bonds is 5. The summed E-state index contributed by atoms with van der Waals surface area (Å²) in [6.07, 6.45) is 1.61. The summed E-state index contributed by atoms with van der Waals surface area (Å²) in [6.45, 7) is 2.45. The number of esters is 1. The maximum atomic E-state index is 12.0. The lowest BCUT2D eigenvalue weighted by atomic mass is 10.1. The van der Waals surface area contributed by atoms with E-state index in [0.717, 1.165) is 16.6 Å². The van der Waals surface area contributed by atoms with Crippen molar-refractivity contribution in [3.05, 3.63) is 59.9 Å². The van der Waals surface area contributed by atoms with Gasteiger partial charge >= 0.3 is 12.0 Å². The topological polar surface area (TPSA) is 96.1 Å². The summed E-state index contributed by atoms with van der Waals surface area (Å²) in [4.78, 5) is 30.7. The fourth-order valence-electron chi connectivity index (χ4n) is 2.34. The van der Waals surface area contributed by atoms with E-state index in [1.807, 2.05) is 12.1 Å². The predicted molar refractivity (Wildman–Crippen MR) is 94.4 cm³/mol. The first kappa shape index (κ1) is 16.5. The number of H-pyrrole nitrogens is 1. The number of nitrogens with one attached hydrogen (secondary N) is 3. The van der Waals surface area contributed by atoms with Gasteiger partial charge in [0.2, 0.25) is 0 Å². The molecule has 7 heteroatoms. The van der Waals surface area contributed by atoms with Gasteiger partial charge in [-0.1, -0.05) is 12.1 Å². The SMILES string of the molecule is CCOC(=O)c1ccc(CNC(=O)Nc2ccc3nc[nH]c3c2)cc1. The van der Waals surface area contributed by atoms with Gasteiger partial charge in [-0.2, -0.15) is 0 Å². The quantitative estimate of drug-likeness (QED) is 0.623. The van der Waals surface area contributed by atoms with E-state index in [2.05, 4.69) is 20.6 Å². The molecule has 1 aromatic heterocycles. The summed E-state index contributed by atoms with van der Waals surface area (Å²) in [6, 6.07) is 12.0. The molecular weight excluding hydrogens is 320 g/mol. The molecule has 3 aromatic rings. The van der Waals surface area contributed by atoms with Gasteiger partial charge in [0.15, 0.2) is 0 Å². The Kier molecular flexibility index (Phi) is 4.94.